The molecular weight excluding hydrogens is 329 g/mol. The van der Waals surface area contributed by atoms with Crippen LogP contribution in [0.3, 0.4) is 0 Å². The van der Waals surface area contributed by atoms with E-state index in [1.54, 1.807) is 25.1 Å². The number of alkyl halides is 3. The zero-order valence-corrected chi connectivity index (χ0v) is 12.0. The van der Waals surface area contributed by atoms with Gasteiger partial charge in [-0.25, -0.2) is 0 Å². The second kappa shape index (κ2) is 5.88. The molecule has 100 valence electrons. The zero-order chi connectivity index (χ0) is 13.9. The molecule has 0 aliphatic heterocycles. The first-order valence-electron chi connectivity index (χ1n) is 5.15. The molecule has 7 heteroatoms. The molecule has 0 spiro atoms. The Morgan fingerprint density at radius 1 is 1.44 bits per heavy atom. The average Bonchev–Trinajstić information content (AvgIpc) is 2.24. The fraction of sp³-hybridized carbons (Fsp3) is 0.364. The van der Waals surface area contributed by atoms with Crippen molar-refractivity contribution in [1.82, 2.24) is 0 Å². The van der Waals surface area contributed by atoms with Crippen LogP contribution in [0.5, 0.6) is 0 Å². The van der Waals surface area contributed by atoms with Crippen LogP contribution in [-0.4, -0.2) is 24.3 Å². The highest BCUT2D eigenvalue weighted by Gasteiger charge is 2.30. The summed E-state index contributed by atoms with van der Waals surface area (Å²) >= 11 is 8.05. The molecule has 0 aliphatic rings. The minimum atomic E-state index is -4.24. The van der Waals surface area contributed by atoms with Gasteiger partial charge in [-0.15, -0.1) is 0 Å². The number of thiocarbonyl (C=S) groups is 1. The summed E-state index contributed by atoms with van der Waals surface area (Å²) in [6.45, 7) is 0.929. The topological polar surface area (TPSA) is 29.3 Å². The molecule has 0 atom stereocenters. The summed E-state index contributed by atoms with van der Waals surface area (Å²) in [7, 11) is 0. The first kappa shape index (κ1) is 15.2. The van der Waals surface area contributed by atoms with Gasteiger partial charge in [0.1, 0.15) is 11.5 Å². The van der Waals surface area contributed by atoms with Crippen molar-refractivity contribution in [2.24, 2.45) is 5.73 Å². The van der Waals surface area contributed by atoms with Crippen LogP contribution in [-0.2, 0) is 0 Å². The summed E-state index contributed by atoms with van der Waals surface area (Å²) in [6, 6.07) is 4.81. The molecule has 0 unspecified atom stereocenters. The SMILES string of the molecule is CCN(CC(F)(F)F)c1ccc(C(N)=S)cc1Br. The van der Waals surface area contributed by atoms with E-state index in [1.165, 1.54) is 4.90 Å². The van der Waals surface area contributed by atoms with Gasteiger partial charge in [0, 0.05) is 16.6 Å². The molecule has 0 aliphatic carbocycles. The quantitative estimate of drug-likeness (QED) is 0.851. The highest BCUT2D eigenvalue weighted by Crippen LogP contribution is 2.29. The first-order chi connectivity index (χ1) is 8.24. The number of halogens is 4. The van der Waals surface area contributed by atoms with Crippen LogP contribution in [0.1, 0.15) is 12.5 Å². The molecule has 0 saturated carbocycles. The van der Waals surface area contributed by atoms with Crippen LogP contribution in [0.4, 0.5) is 18.9 Å². The maximum Gasteiger partial charge on any atom is 0.405 e. The van der Waals surface area contributed by atoms with Crippen molar-refractivity contribution in [3.05, 3.63) is 28.2 Å². The van der Waals surface area contributed by atoms with E-state index < -0.39 is 12.7 Å². The molecule has 0 heterocycles. The monoisotopic (exact) mass is 340 g/mol. The molecule has 2 N–H and O–H groups in total. The summed E-state index contributed by atoms with van der Waals surface area (Å²) in [6.07, 6.45) is -4.24. The van der Waals surface area contributed by atoms with E-state index >= 15 is 0 Å². The van der Waals surface area contributed by atoms with Crippen molar-refractivity contribution in [1.29, 1.82) is 0 Å². The molecule has 0 saturated heterocycles. The molecule has 1 aromatic carbocycles. The van der Waals surface area contributed by atoms with E-state index in [1.807, 2.05) is 0 Å². The van der Waals surface area contributed by atoms with E-state index in [2.05, 4.69) is 15.9 Å². The van der Waals surface area contributed by atoms with Crippen molar-refractivity contribution in [2.75, 3.05) is 18.0 Å². The zero-order valence-electron chi connectivity index (χ0n) is 9.59. The van der Waals surface area contributed by atoms with E-state index in [-0.39, 0.29) is 11.5 Å². The third-order valence-electron chi connectivity index (χ3n) is 2.32. The van der Waals surface area contributed by atoms with Gasteiger partial charge in [-0.2, -0.15) is 13.2 Å². The molecule has 2 nitrogen and oxygen atoms in total. The molecular formula is C11H12BrF3N2S. The van der Waals surface area contributed by atoms with Gasteiger partial charge in [0.2, 0.25) is 0 Å². The van der Waals surface area contributed by atoms with Crippen LogP contribution in [0, 0.1) is 0 Å². The minimum absolute atomic E-state index is 0.209. The van der Waals surface area contributed by atoms with Gasteiger partial charge in [-0.1, -0.05) is 12.2 Å². The maximum absolute atomic E-state index is 12.4. The summed E-state index contributed by atoms with van der Waals surface area (Å²) in [5.74, 6) is 0. The molecule has 0 fully saturated rings. The van der Waals surface area contributed by atoms with Gasteiger partial charge in [0.25, 0.3) is 0 Å². The summed E-state index contributed by atoms with van der Waals surface area (Å²) in [5.41, 5.74) is 6.54. The Labute approximate surface area is 117 Å². The van der Waals surface area contributed by atoms with E-state index in [0.29, 0.717) is 15.7 Å². The summed E-state index contributed by atoms with van der Waals surface area (Å²) < 4.78 is 37.8. The predicted molar refractivity (Wildman–Crippen MR) is 74.0 cm³/mol. The van der Waals surface area contributed by atoms with Gasteiger partial charge >= 0.3 is 6.18 Å². The highest BCUT2D eigenvalue weighted by atomic mass is 79.9. The number of nitrogens with two attached hydrogens (primary N) is 1. The van der Waals surface area contributed by atoms with Gasteiger partial charge in [0.15, 0.2) is 0 Å². The molecule has 0 amide bonds. The molecule has 18 heavy (non-hydrogen) atoms. The Hall–Kier alpha value is -0.820. The second-order valence-electron chi connectivity index (χ2n) is 3.66. The molecule has 0 bridgehead atoms. The van der Waals surface area contributed by atoms with Crippen molar-refractivity contribution < 1.29 is 13.2 Å². The van der Waals surface area contributed by atoms with Gasteiger partial charge in [-0.05, 0) is 41.1 Å². The fourth-order valence-corrected chi connectivity index (χ4v) is 2.26. The predicted octanol–water partition coefficient (Wildman–Crippen LogP) is 3.47. The summed E-state index contributed by atoms with van der Waals surface area (Å²) in [4.78, 5) is 1.44. The van der Waals surface area contributed by atoms with Crippen molar-refractivity contribution in [3.8, 4) is 0 Å². The third-order valence-corrected chi connectivity index (χ3v) is 3.20. The van der Waals surface area contributed by atoms with Gasteiger partial charge in [0.05, 0.1) is 5.69 Å². The van der Waals surface area contributed by atoms with Gasteiger partial charge in [-0.3, -0.25) is 0 Å². The number of rotatable bonds is 4. The van der Waals surface area contributed by atoms with Crippen LogP contribution < -0.4 is 10.6 Å². The molecule has 0 radical (unpaired) electrons. The Balaban J connectivity index is 3.04. The van der Waals surface area contributed by atoms with E-state index in [9.17, 15) is 13.2 Å². The number of nitrogens with zero attached hydrogens (tertiary/aromatic N) is 1. The maximum atomic E-state index is 12.4. The molecule has 1 rings (SSSR count). The second-order valence-corrected chi connectivity index (χ2v) is 4.95. The lowest BCUT2D eigenvalue weighted by molar-refractivity contribution is -0.119. The van der Waals surface area contributed by atoms with E-state index in [4.69, 9.17) is 18.0 Å². The van der Waals surface area contributed by atoms with Crippen molar-refractivity contribution in [2.45, 2.75) is 13.1 Å². The Morgan fingerprint density at radius 2 is 2.06 bits per heavy atom. The Bertz CT molecular complexity index is 448. The van der Waals surface area contributed by atoms with Crippen LogP contribution >= 0.6 is 28.1 Å². The van der Waals surface area contributed by atoms with Gasteiger partial charge < -0.3 is 10.6 Å². The average molecular weight is 341 g/mol. The van der Waals surface area contributed by atoms with Crippen LogP contribution in [0.2, 0.25) is 0 Å². The minimum Gasteiger partial charge on any atom is -0.389 e. The lowest BCUT2D eigenvalue weighted by Crippen LogP contribution is -2.34. The normalized spacial score (nSPS) is 11.4. The Morgan fingerprint density at radius 3 is 2.44 bits per heavy atom. The molecule has 0 aromatic heterocycles. The largest absolute Gasteiger partial charge is 0.405 e. The van der Waals surface area contributed by atoms with Crippen LogP contribution in [0.15, 0.2) is 22.7 Å². The number of benzene rings is 1. The third kappa shape index (κ3) is 4.13. The van der Waals surface area contributed by atoms with Crippen LogP contribution in [0.25, 0.3) is 0 Å². The Kier molecular flexibility index (Phi) is 4.98. The fourth-order valence-electron chi connectivity index (χ4n) is 1.50. The summed E-state index contributed by atoms with van der Waals surface area (Å²) in [5, 5.41) is 0. The van der Waals surface area contributed by atoms with Crippen molar-refractivity contribution in [3.63, 3.8) is 0 Å². The van der Waals surface area contributed by atoms with E-state index in [0.717, 1.165) is 0 Å². The standard InChI is InChI=1S/C11H12BrF3N2S/c1-2-17(6-11(13,14)15)9-4-3-7(10(16)18)5-8(9)12/h3-5H,2,6H2,1H3,(H2,16,18). The smallest absolute Gasteiger partial charge is 0.389 e. The number of anilines is 1. The number of hydrogen-bond acceptors (Lipinski definition) is 2. The lowest BCUT2D eigenvalue weighted by Gasteiger charge is -2.25. The number of hydrogen-bond donors (Lipinski definition) is 1. The lowest BCUT2D eigenvalue weighted by atomic mass is 10.2. The highest BCUT2D eigenvalue weighted by molar-refractivity contribution is 9.10. The van der Waals surface area contributed by atoms with Crippen molar-refractivity contribution >= 4 is 38.8 Å². The first-order valence-corrected chi connectivity index (χ1v) is 6.35. The molecule has 1 aromatic rings.